The van der Waals surface area contributed by atoms with Crippen LogP contribution in [0.25, 0.3) is 16.7 Å². The normalized spacial score (nSPS) is 11.3. The van der Waals surface area contributed by atoms with E-state index in [1.807, 2.05) is 0 Å². The summed E-state index contributed by atoms with van der Waals surface area (Å²) in [7, 11) is 0. The van der Waals surface area contributed by atoms with Gasteiger partial charge in [-0.15, -0.1) is 0 Å². The van der Waals surface area contributed by atoms with Crippen LogP contribution in [0, 0.1) is 16.4 Å². The lowest BCUT2D eigenvalue weighted by atomic mass is 10.2. The molecule has 2 aromatic carbocycles. The Kier molecular flexibility index (Phi) is 3.81. The van der Waals surface area contributed by atoms with Crippen LogP contribution in [-0.2, 0) is 0 Å². The van der Waals surface area contributed by atoms with Gasteiger partial charge < -0.3 is 4.98 Å². The van der Waals surface area contributed by atoms with Crippen LogP contribution in [0.15, 0.2) is 28.7 Å². The minimum atomic E-state index is -0.561. The van der Waals surface area contributed by atoms with Crippen molar-refractivity contribution in [1.29, 1.82) is 0 Å². The lowest BCUT2D eigenvalue weighted by Gasteiger charge is -2.10. The second-order valence-electron chi connectivity index (χ2n) is 4.27. The number of hydrogen-bond acceptors (Lipinski definition) is 1. The first-order valence-corrected chi connectivity index (χ1v) is 7.59. The van der Waals surface area contributed by atoms with Gasteiger partial charge in [0.1, 0.15) is 11.6 Å². The van der Waals surface area contributed by atoms with Crippen LogP contribution in [0.5, 0.6) is 0 Å². The Morgan fingerprint density at radius 1 is 1.10 bits per heavy atom. The third kappa shape index (κ3) is 2.50. The molecule has 0 radical (unpaired) electrons. The first kappa shape index (κ1) is 15.0. The number of benzene rings is 2. The minimum Gasteiger partial charge on any atom is -0.330 e. The highest BCUT2D eigenvalue weighted by molar-refractivity contribution is 9.10. The van der Waals surface area contributed by atoms with E-state index in [4.69, 9.17) is 35.4 Å². The Balaban J connectivity index is 2.44. The Bertz CT molecular complexity index is 913. The molecule has 3 aromatic rings. The summed E-state index contributed by atoms with van der Waals surface area (Å²) in [6.07, 6.45) is 0. The Morgan fingerprint density at radius 3 is 2.33 bits per heavy atom. The van der Waals surface area contributed by atoms with Crippen molar-refractivity contribution in [3.63, 3.8) is 0 Å². The van der Waals surface area contributed by atoms with Gasteiger partial charge in [-0.05, 0) is 46.3 Å². The molecule has 0 saturated heterocycles. The third-order valence-corrected chi connectivity index (χ3v) is 4.40. The molecule has 2 nitrogen and oxygen atoms in total. The summed E-state index contributed by atoms with van der Waals surface area (Å²) in [6.45, 7) is 0. The van der Waals surface area contributed by atoms with Gasteiger partial charge in [0.2, 0.25) is 0 Å². The average molecular weight is 410 g/mol. The van der Waals surface area contributed by atoms with E-state index in [1.165, 1.54) is 10.6 Å². The number of aromatic amines is 1. The highest BCUT2D eigenvalue weighted by Crippen LogP contribution is 2.33. The maximum absolute atomic E-state index is 13.8. The van der Waals surface area contributed by atoms with Crippen molar-refractivity contribution in [3.8, 4) is 5.69 Å². The summed E-state index contributed by atoms with van der Waals surface area (Å²) in [5, 5.41) is 0.167. The molecule has 0 saturated carbocycles. The Labute approximate surface area is 141 Å². The van der Waals surface area contributed by atoms with Gasteiger partial charge in [-0.2, -0.15) is 0 Å². The van der Waals surface area contributed by atoms with E-state index in [0.29, 0.717) is 21.2 Å². The van der Waals surface area contributed by atoms with E-state index in [0.717, 1.165) is 12.1 Å². The molecule has 0 fully saturated rings. The SMILES string of the molecule is Fc1cc(Cl)c(-n2c(=S)[nH]c3cc(Br)c(F)cc32)c(Cl)c1. The number of hydrogen-bond donors (Lipinski definition) is 1. The fourth-order valence-electron chi connectivity index (χ4n) is 2.07. The molecule has 1 heterocycles. The molecule has 21 heavy (non-hydrogen) atoms. The molecule has 1 aromatic heterocycles. The van der Waals surface area contributed by atoms with E-state index in [2.05, 4.69) is 20.9 Å². The molecule has 1 N–H and O–H groups in total. The zero-order valence-corrected chi connectivity index (χ0v) is 14.0. The van der Waals surface area contributed by atoms with E-state index in [-0.39, 0.29) is 14.8 Å². The van der Waals surface area contributed by atoms with Gasteiger partial charge in [0.05, 0.1) is 31.2 Å². The van der Waals surface area contributed by atoms with Gasteiger partial charge in [-0.1, -0.05) is 23.2 Å². The molecule has 8 heteroatoms. The first-order valence-electron chi connectivity index (χ1n) is 5.63. The van der Waals surface area contributed by atoms with Crippen LogP contribution >= 0.6 is 51.3 Å². The summed E-state index contributed by atoms with van der Waals surface area (Å²) >= 11 is 20.5. The second-order valence-corrected chi connectivity index (χ2v) is 6.32. The zero-order chi connectivity index (χ0) is 15.3. The zero-order valence-electron chi connectivity index (χ0n) is 10.1. The minimum absolute atomic E-state index is 0.0836. The summed E-state index contributed by atoms with van der Waals surface area (Å²) in [5.41, 5.74) is 1.36. The molecule has 0 bridgehead atoms. The van der Waals surface area contributed by atoms with Crippen LogP contribution in [0.1, 0.15) is 0 Å². The van der Waals surface area contributed by atoms with Crippen molar-refractivity contribution >= 4 is 62.4 Å². The summed E-state index contributed by atoms with van der Waals surface area (Å²) in [4.78, 5) is 2.93. The van der Waals surface area contributed by atoms with Gasteiger partial charge in [0.15, 0.2) is 4.77 Å². The van der Waals surface area contributed by atoms with E-state index >= 15 is 0 Å². The lowest BCUT2D eigenvalue weighted by Crippen LogP contribution is -1.98. The van der Waals surface area contributed by atoms with Gasteiger partial charge in [0.25, 0.3) is 0 Å². The van der Waals surface area contributed by atoms with Crippen molar-refractivity contribution in [2.24, 2.45) is 0 Å². The second kappa shape index (κ2) is 5.35. The monoisotopic (exact) mass is 408 g/mol. The summed E-state index contributed by atoms with van der Waals surface area (Å²) in [5.74, 6) is -1.02. The van der Waals surface area contributed by atoms with Gasteiger partial charge in [-0.3, -0.25) is 4.57 Å². The van der Waals surface area contributed by atoms with Gasteiger partial charge in [-0.25, -0.2) is 8.78 Å². The molecule has 0 amide bonds. The predicted octanol–water partition coefficient (Wildman–Crippen LogP) is 6.04. The molecule has 0 spiro atoms. The molecule has 0 aliphatic rings. The molecule has 0 atom stereocenters. The van der Waals surface area contributed by atoms with E-state index < -0.39 is 11.6 Å². The summed E-state index contributed by atoms with van der Waals surface area (Å²) in [6, 6.07) is 5.10. The Morgan fingerprint density at radius 2 is 1.71 bits per heavy atom. The van der Waals surface area contributed by atoms with Crippen molar-refractivity contribution in [1.82, 2.24) is 9.55 Å². The maximum atomic E-state index is 13.8. The molecule has 0 aliphatic heterocycles. The summed E-state index contributed by atoms with van der Waals surface area (Å²) < 4.78 is 29.1. The predicted molar refractivity (Wildman–Crippen MR) is 86.1 cm³/mol. The molecular formula is C13H5BrCl2F2N2S. The lowest BCUT2D eigenvalue weighted by molar-refractivity contribution is 0.622. The van der Waals surface area contributed by atoms with Crippen molar-refractivity contribution in [3.05, 3.63) is 55.2 Å². The van der Waals surface area contributed by atoms with Crippen LogP contribution in [0.3, 0.4) is 0 Å². The van der Waals surface area contributed by atoms with Crippen molar-refractivity contribution < 1.29 is 8.78 Å². The highest BCUT2D eigenvalue weighted by Gasteiger charge is 2.16. The largest absolute Gasteiger partial charge is 0.330 e. The number of H-pyrrole nitrogens is 1. The van der Waals surface area contributed by atoms with Gasteiger partial charge >= 0.3 is 0 Å². The smallest absolute Gasteiger partial charge is 0.182 e. The quantitative estimate of drug-likeness (QED) is 0.486. The van der Waals surface area contributed by atoms with Crippen LogP contribution < -0.4 is 0 Å². The number of fused-ring (bicyclic) bond motifs is 1. The fraction of sp³-hybridized carbons (Fsp3) is 0. The van der Waals surface area contributed by atoms with Crippen LogP contribution in [0.4, 0.5) is 8.78 Å². The third-order valence-electron chi connectivity index (χ3n) is 2.93. The van der Waals surface area contributed by atoms with Crippen molar-refractivity contribution in [2.75, 3.05) is 0 Å². The molecule has 0 aliphatic carbocycles. The number of aromatic nitrogens is 2. The highest BCUT2D eigenvalue weighted by atomic mass is 79.9. The molecule has 108 valence electrons. The average Bonchev–Trinajstić information content (AvgIpc) is 2.66. The number of nitrogens with one attached hydrogen (secondary N) is 1. The molecule has 0 unspecified atom stereocenters. The standard InChI is InChI=1S/C13H5BrCl2F2N2S/c14-6-3-10-11(4-9(6)18)20(13(21)19-10)12-7(15)1-5(17)2-8(12)16/h1-4H,(H,19,21). The molecular weight excluding hydrogens is 405 g/mol. The van der Waals surface area contributed by atoms with Crippen LogP contribution in [-0.4, -0.2) is 9.55 Å². The topological polar surface area (TPSA) is 20.7 Å². The number of imidazole rings is 1. The van der Waals surface area contributed by atoms with Gasteiger partial charge in [0, 0.05) is 6.07 Å². The fourth-order valence-corrected chi connectivity index (χ4v) is 3.34. The molecule has 3 rings (SSSR count). The number of halogens is 5. The van der Waals surface area contributed by atoms with E-state index in [1.54, 1.807) is 6.07 Å². The number of nitrogens with zero attached hydrogens (tertiary/aromatic N) is 1. The number of rotatable bonds is 1. The van der Waals surface area contributed by atoms with Crippen molar-refractivity contribution in [2.45, 2.75) is 0 Å². The van der Waals surface area contributed by atoms with Crippen LogP contribution in [0.2, 0.25) is 10.0 Å². The first-order chi connectivity index (χ1) is 9.88. The van der Waals surface area contributed by atoms with E-state index in [9.17, 15) is 8.78 Å². The maximum Gasteiger partial charge on any atom is 0.182 e. The Hall–Kier alpha value is -0.950.